The number of para-hydroxylation sites is 1. The summed E-state index contributed by atoms with van der Waals surface area (Å²) in [5.41, 5.74) is 1.66. The molecule has 4 nitrogen and oxygen atoms in total. The number of hydrogen-bond acceptors (Lipinski definition) is 3. The number of rotatable bonds is 5. The molecular formula is C15H21NO3. The predicted molar refractivity (Wildman–Crippen MR) is 77.0 cm³/mol. The largest absolute Gasteiger partial charge is 0.453 e. The molecule has 0 aliphatic rings. The maximum Gasteiger partial charge on any atom is 0.411 e. The number of nitrogens with one attached hydrogen (secondary N) is 1. The summed E-state index contributed by atoms with van der Waals surface area (Å²) in [6, 6.07) is 7.39. The quantitative estimate of drug-likeness (QED) is 0.855. The molecule has 0 aliphatic heterocycles. The van der Waals surface area contributed by atoms with E-state index in [2.05, 4.69) is 16.6 Å². The Labute approximate surface area is 114 Å². The third kappa shape index (κ3) is 5.14. The molecular weight excluding hydrogens is 242 g/mol. The summed E-state index contributed by atoms with van der Waals surface area (Å²) in [6.45, 7) is 7.54. The molecule has 0 aliphatic carbocycles. The van der Waals surface area contributed by atoms with Crippen LogP contribution >= 0.6 is 0 Å². The SMILES string of the molecule is C=C(CCC(C)(C)O)c1ccccc1NC(=O)OC. The Bertz CT molecular complexity index is 461. The first-order chi connectivity index (χ1) is 8.83. The van der Waals surface area contributed by atoms with Gasteiger partial charge in [-0.05, 0) is 38.3 Å². The molecule has 0 heterocycles. The normalized spacial score (nSPS) is 10.9. The highest BCUT2D eigenvalue weighted by molar-refractivity contribution is 5.89. The van der Waals surface area contributed by atoms with Crippen molar-refractivity contribution in [3.05, 3.63) is 36.4 Å². The molecule has 2 N–H and O–H groups in total. The molecule has 1 rings (SSSR count). The van der Waals surface area contributed by atoms with Crippen LogP contribution in [0.3, 0.4) is 0 Å². The smallest absolute Gasteiger partial charge is 0.411 e. The lowest BCUT2D eigenvalue weighted by atomic mass is 9.95. The first-order valence-corrected chi connectivity index (χ1v) is 6.18. The van der Waals surface area contributed by atoms with Gasteiger partial charge < -0.3 is 9.84 Å². The summed E-state index contributed by atoms with van der Waals surface area (Å²) in [5.74, 6) is 0. The van der Waals surface area contributed by atoms with E-state index in [0.29, 0.717) is 18.5 Å². The van der Waals surface area contributed by atoms with Crippen molar-refractivity contribution >= 4 is 17.4 Å². The molecule has 0 aromatic heterocycles. The average Bonchev–Trinajstić information content (AvgIpc) is 2.35. The number of allylic oxidation sites excluding steroid dienone is 1. The van der Waals surface area contributed by atoms with Gasteiger partial charge in [0.05, 0.1) is 18.4 Å². The first-order valence-electron chi connectivity index (χ1n) is 6.18. The van der Waals surface area contributed by atoms with E-state index in [4.69, 9.17) is 0 Å². The number of carbonyl (C=O) groups excluding carboxylic acids is 1. The van der Waals surface area contributed by atoms with Crippen LogP contribution in [0.2, 0.25) is 0 Å². The number of methoxy groups -OCH3 is 1. The van der Waals surface area contributed by atoms with Crippen molar-refractivity contribution in [2.45, 2.75) is 32.3 Å². The minimum atomic E-state index is -0.729. The Morgan fingerprint density at radius 3 is 2.63 bits per heavy atom. The lowest BCUT2D eigenvalue weighted by Gasteiger charge is -2.18. The average molecular weight is 263 g/mol. The maximum absolute atomic E-state index is 11.3. The second-order valence-corrected chi connectivity index (χ2v) is 5.08. The molecule has 0 atom stereocenters. The minimum absolute atomic E-state index is 0.511. The predicted octanol–water partition coefficient (Wildman–Crippen LogP) is 3.43. The van der Waals surface area contributed by atoms with Gasteiger partial charge in [0, 0.05) is 5.56 Å². The molecule has 0 saturated carbocycles. The van der Waals surface area contributed by atoms with E-state index in [9.17, 15) is 9.90 Å². The molecule has 0 unspecified atom stereocenters. The summed E-state index contributed by atoms with van der Waals surface area (Å²) < 4.78 is 4.58. The fourth-order valence-electron chi connectivity index (χ4n) is 1.65. The van der Waals surface area contributed by atoms with Crippen LogP contribution in [0.15, 0.2) is 30.8 Å². The Morgan fingerprint density at radius 1 is 1.42 bits per heavy atom. The van der Waals surface area contributed by atoms with Gasteiger partial charge in [-0.25, -0.2) is 4.79 Å². The van der Waals surface area contributed by atoms with Crippen molar-refractivity contribution in [2.75, 3.05) is 12.4 Å². The topological polar surface area (TPSA) is 58.6 Å². The number of hydrogen-bond donors (Lipinski definition) is 2. The summed E-state index contributed by atoms with van der Waals surface area (Å²) in [5, 5.41) is 12.4. The Balaban J connectivity index is 2.82. The van der Waals surface area contributed by atoms with Crippen molar-refractivity contribution in [3.63, 3.8) is 0 Å². The van der Waals surface area contributed by atoms with Gasteiger partial charge in [-0.1, -0.05) is 24.8 Å². The standard InChI is InChI=1S/C15H21NO3/c1-11(9-10-15(2,3)18)12-7-5-6-8-13(12)16-14(17)19-4/h5-8,18H,1,9-10H2,2-4H3,(H,16,17). The summed E-state index contributed by atoms with van der Waals surface area (Å²) in [7, 11) is 1.32. The molecule has 1 aromatic rings. The Morgan fingerprint density at radius 2 is 2.05 bits per heavy atom. The third-order valence-corrected chi connectivity index (χ3v) is 2.77. The van der Waals surface area contributed by atoms with Crippen molar-refractivity contribution < 1.29 is 14.6 Å². The lowest BCUT2D eigenvalue weighted by Crippen LogP contribution is -2.18. The van der Waals surface area contributed by atoms with E-state index >= 15 is 0 Å². The first kappa shape index (κ1) is 15.2. The van der Waals surface area contributed by atoms with Crippen LogP contribution in [0.5, 0.6) is 0 Å². The Hall–Kier alpha value is -1.81. The molecule has 0 saturated heterocycles. The summed E-state index contributed by atoms with van der Waals surface area (Å²) in [4.78, 5) is 11.3. The van der Waals surface area contributed by atoms with Gasteiger partial charge in [0.2, 0.25) is 0 Å². The lowest BCUT2D eigenvalue weighted by molar-refractivity contribution is 0.0727. The van der Waals surface area contributed by atoms with Crippen LogP contribution in [-0.2, 0) is 4.74 Å². The maximum atomic E-state index is 11.3. The highest BCUT2D eigenvalue weighted by Crippen LogP contribution is 2.28. The van der Waals surface area contributed by atoms with Crippen molar-refractivity contribution in [1.82, 2.24) is 0 Å². The van der Waals surface area contributed by atoms with Crippen LogP contribution in [0.1, 0.15) is 32.3 Å². The molecule has 19 heavy (non-hydrogen) atoms. The molecule has 4 heteroatoms. The minimum Gasteiger partial charge on any atom is -0.453 e. The van der Waals surface area contributed by atoms with Crippen LogP contribution in [0.4, 0.5) is 10.5 Å². The van der Waals surface area contributed by atoms with E-state index in [0.717, 1.165) is 11.1 Å². The third-order valence-electron chi connectivity index (χ3n) is 2.77. The van der Waals surface area contributed by atoms with E-state index < -0.39 is 11.7 Å². The van der Waals surface area contributed by atoms with Crippen LogP contribution < -0.4 is 5.32 Å². The zero-order chi connectivity index (χ0) is 14.5. The molecule has 104 valence electrons. The van der Waals surface area contributed by atoms with Crippen LogP contribution in [0.25, 0.3) is 5.57 Å². The fourth-order valence-corrected chi connectivity index (χ4v) is 1.65. The second kappa shape index (κ2) is 6.38. The zero-order valence-electron chi connectivity index (χ0n) is 11.7. The molecule has 1 amide bonds. The number of aliphatic hydroxyl groups is 1. The number of amides is 1. The van der Waals surface area contributed by atoms with E-state index in [1.165, 1.54) is 7.11 Å². The van der Waals surface area contributed by atoms with Crippen LogP contribution in [0, 0.1) is 0 Å². The molecule has 0 spiro atoms. The van der Waals surface area contributed by atoms with E-state index in [1.807, 2.05) is 18.2 Å². The molecule has 0 fully saturated rings. The van der Waals surface area contributed by atoms with Gasteiger partial charge in [0.25, 0.3) is 0 Å². The highest BCUT2D eigenvalue weighted by atomic mass is 16.5. The Kier molecular flexibility index (Phi) is 5.12. The van der Waals surface area contributed by atoms with Crippen molar-refractivity contribution in [2.24, 2.45) is 0 Å². The summed E-state index contributed by atoms with van der Waals surface area (Å²) >= 11 is 0. The van der Waals surface area contributed by atoms with Gasteiger partial charge in [0.15, 0.2) is 0 Å². The molecule has 1 aromatic carbocycles. The monoisotopic (exact) mass is 263 g/mol. The van der Waals surface area contributed by atoms with Gasteiger partial charge in [-0.15, -0.1) is 0 Å². The highest BCUT2D eigenvalue weighted by Gasteiger charge is 2.15. The molecule has 0 radical (unpaired) electrons. The number of benzene rings is 1. The van der Waals surface area contributed by atoms with E-state index in [1.54, 1.807) is 19.9 Å². The van der Waals surface area contributed by atoms with Gasteiger partial charge in [0.1, 0.15) is 0 Å². The van der Waals surface area contributed by atoms with Crippen molar-refractivity contribution in [3.8, 4) is 0 Å². The number of anilines is 1. The zero-order valence-corrected chi connectivity index (χ0v) is 11.7. The number of ether oxygens (including phenoxy) is 1. The second-order valence-electron chi connectivity index (χ2n) is 5.08. The van der Waals surface area contributed by atoms with Gasteiger partial charge >= 0.3 is 6.09 Å². The molecule has 0 bridgehead atoms. The van der Waals surface area contributed by atoms with E-state index in [-0.39, 0.29) is 0 Å². The van der Waals surface area contributed by atoms with Gasteiger partial charge in [-0.2, -0.15) is 0 Å². The van der Waals surface area contributed by atoms with Gasteiger partial charge in [-0.3, -0.25) is 5.32 Å². The van der Waals surface area contributed by atoms with Crippen LogP contribution in [-0.4, -0.2) is 23.9 Å². The number of carbonyl (C=O) groups is 1. The summed E-state index contributed by atoms with van der Waals surface area (Å²) in [6.07, 6.45) is 0.754. The fraction of sp³-hybridized carbons (Fsp3) is 0.400. The van der Waals surface area contributed by atoms with Crippen molar-refractivity contribution in [1.29, 1.82) is 0 Å².